The number of carbonyl (C=O) groups is 2. The van der Waals surface area contributed by atoms with Crippen LogP contribution in [0.1, 0.15) is 24.5 Å². The van der Waals surface area contributed by atoms with Crippen LogP contribution >= 0.6 is 0 Å². The first-order chi connectivity index (χ1) is 14.0. The molecule has 2 aliphatic heterocycles. The summed E-state index contributed by atoms with van der Waals surface area (Å²) >= 11 is 0. The van der Waals surface area contributed by atoms with Crippen LogP contribution in [0.15, 0.2) is 66.7 Å². The van der Waals surface area contributed by atoms with Crippen LogP contribution in [0.25, 0.3) is 0 Å². The second-order valence-electron chi connectivity index (χ2n) is 7.83. The Labute approximate surface area is 171 Å². The van der Waals surface area contributed by atoms with Gasteiger partial charge >= 0.3 is 0 Å². The first-order valence-corrected chi connectivity index (χ1v) is 10.1. The predicted octanol–water partition coefficient (Wildman–Crippen LogP) is 3.06. The number of anilines is 1. The van der Waals surface area contributed by atoms with E-state index in [1.54, 1.807) is 12.1 Å². The van der Waals surface area contributed by atoms with E-state index in [1.165, 1.54) is 4.90 Å². The third kappa shape index (κ3) is 3.52. The molecule has 0 saturated carbocycles. The first kappa shape index (κ1) is 19.6. The summed E-state index contributed by atoms with van der Waals surface area (Å²) in [6.45, 7) is 4.45. The van der Waals surface area contributed by atoms with E-state index in [1.807, 2.05) is 73.4 Å². The van der Waals surface area contributed by atoms with Crippen molar-refractivity contribution in [1.82, 2.24) is 4.90 Å². The minimum atomic E-state index is -0.611. The van der Waals surface area contributed by atoms with Gasteiger partial charge in [-0.2, -0.15) is 0 Å². The number of aliphatic hydroxyl groups is 1. The van der Waals surface area contributed by atoms with Gasteiger partial charge in [-0.3, -0.25) is 14.5 Å². The van der Waals surface area contributed by atoms with Crippen LogP contribution in [-0.4, -0.2) is 40.0 Å². The van der Waals surface area contributed by atoms with Gasteiger partial charge in [0.05, 0.1) is 23.8 Å². The van der Waals surface area contributed by atoms with E-state index >= 15 is 0 Å². The van der Waals surface area contributed by atoms with Gasteiger partial charge in [0.25, 0.3) is 5.91 Å². The molecule has 5 heteroatoms. The van der Waals surface area contributed by atoms with Gasteiger partial charge in [-0.05, 0) is 31.0 Å². The fraction of sp³-hybridized carbons (Fsp3) is 0.333. The third-order valence-electron chi connectivity index (χ3n) is 5.89. The summed E-state index contributed by atoms with van der Waals surface area (Å²) in [5, 5.41) is 10.6. The molecule has 2 amide bonds. The molecule has 0 spiro atoms. The fourth-order valence-electron chi connectivity index (χ4n) is 4.27. The molecule has 2 aromatic rings. The van der Waals surface area contributed by atoms with E-state index < -0.39 is 18.1 Å². The standard InChI is InChI=1S/C24H26N2O3/c1-3-21(27)20-14-13-19-22(25(20)15-17-11-9-16(2)10-12-17)24(29)26(23(19)28)18-7-5-4-6-8-18/h4-14,19-22,27H,3,15H2,1-2H3/t19-,20-,21-,22+/m1/s1. The van der Waals surface area contributed by atoms with Crippen molar-refractivity contribution < 1.29 is 14.7 Å². The number of carbonyl (C=O) groups excluding carboxylic acids is 2. The Bertz CT molecular complexity index is 923. The number of benzene rings is 2. The maximum absolute atomic E-state index is 13.4. The van der Waals surface area contributed by atoms with Crippen molar-refractivity contribution in [2.75, 3.05) is 4.90 Å². The molecule has 2 aliphatic rings. The highest BCUT2D eigenvalue weighted by Gasteiger charge is 2.53. The van der Waals surface area contributed by atoms with Gasteiger partial charge in [0.15, 0.2) is 0 Å². The summed E-state index contributed by atoms with van der Waals surface area (Å²) in [5.41, 5.74) is 2.81. The molecule has 5 nitrogen and oxygen atoms in total. The van der Waals surface area contributed by atoms with Crippen molar-refractivity contribution in [2.45, 2.75) is 45.0 Å². The van der Waals surface area contributed by atoms with Gasteiger partial charge in [-0.15, -0.1) is 0 Å². The number of fused-ring (bicyclic) bond motifs is 1. The third-order valence-corrected chi connectivity index (χ3v) is 5.89. The van der Waals surface area contributed by atoms with E-state index in [-0.39, 0.29) is 17.9 Å². The zero-order valence-electron chi connectivity index (χ0n) is 16.7. The van der Waals surface area contributed by atoms with Crippen molar-refractivity contribution >= 4 is 17.5 Å². The van der Waals surface area contributed by atoms with Crippen LogP contribution in [-0.2, 0) is 16.1 Å². The summed E-state index contributed by atoms with van der Waals surface area (Å²) < 4.78 is 0. The molecule has 0 aromatic heterocycles. The Kier molecular flexibility index (Phi) is 5.35. The highest BCUT2D eigenvalue weighted by Crippen LogP contribution is 2.36. The molecular formula is C24H26N2O3. The van der Waals surface area contributed by atoms with Gasteiger partial charge in [-0.1, -0.05) is 67.1 Å². The minimum Gasteiger partial charge on any atom is -0.391 e. The fourth-order valence-corrected chi connectivity index (χ4v) is 4.27. The van der Waals surface area contributed by atoms with Crippen LogP contribution in [0.4, 0.5) is 5.69 Å². The van der Waals surface area contributed by atoms with Crippen molar-refractivity contribution in [2.24, 2.45) is 5.92 Å². The van der Waals surface area contributed by atoms with Crippen LogP contribution in [0, 0.1) is 12.8 Å². The normalized spacial score (nSPS) is 25.3. The van der Waals surface area contributed by atoms with Crippen LogP contribution in [0.2, 0.25) is 0 Å². The molecule has 29 heavy (non-hydrogen) atoms. The van der Waals surface area contributed by atoms with Crippen molar-refractivity contribution in [3.63, 3.8) is 0 Å². The number of rotatable bonds is 5. The maximum Gasteiger partial charge on any atom is 0.252 e. The molecule has 1 fully saturated rings. The molecule has 0 unspecified atom stereocenters. The SMILES string of the molecule is CC[C@@H](O)[C@H]1C=C[C@H]2C(=O)N(c3ccccc3)C(=O)[C@H]2N1Cc1ccc(C)cc1. The molecule has 4 atom stereocenters. The second-order valence-corrected chi connectivity index (χ2v) is 7.83. The molecule has 1 N–H and O–H groups in total. The summed E-state index contributed by atoms with van der Waals surface area (Å²) in [7, 11) is 0. The predicted molar refractivity (Wildman–Crippen MR) is 112 cm³/mol. The lowest BCUT2D eigenvalue weighted by atomic mass is 9.90. The number of nitrogens with zero attached hydrogens (tertiary/aromatic N) is 2. The minimum absolute atomic E-state index is 0.208. The largest absolute Gasteiger partial charge is 0.391 e. The molecule has 0 aliphatic carbocycles. The number of imide groups is 1. The molecule has 2 aromatic carbocycles. The molecule has 4 rings (SSSR count). The summed E-state index contributed by atoms with van der Waals surface area (Å²) in [6.07, 6.45) is 3.67. The average molecular weight is 390 g/mol. The number of aliphatic hydroxyl groups excluding tert-OH is 1. The Balaban J connectivity index is 1.71. The zero-order valence-corrected chi connectivity index (χ0v) is 16.7. The van der Waals surface area contributed by atoms with Crippen molar-refractivity contribution in [3.8, 4) is 0 Å². The lowest BCUT2D eigenvalue weighted by Crippen LogP contribution is -2.54. The number of hydrogen-bond donors (Lipinski definition) is 1. The number of amides is 2. The first-order valence-electron chi connectivity index (χ1n) is 10.1. The Hall–Kier alpha value is -2.76. The van der Waals surface area contributed by atoms with Gasteiger partial charge in [-0.25, -0.2) is 4.90 Å². The summed E-state index contributed by atoms with van der Waals surface area (Å²) in [4.78, 5) is 29.8. The molecule has 150 valence electrons. The number of hydrogen-bond acceptors (Lipinski definition) is 4. The average Bonchev–Trinajstić information content (AvgIpc) is 3.00. The van der Waals surface area contributed by atoms with Crippen LogP contribution < -0.4 is 4.90 Å². The van der Waals surface area contributed by atoms with E-state index in [4.69, 9.17) is 0 Å². The second kappa shape index (κ2) is 7.93. The number of aryl methyl sites for hydroxylation is 1. The monoisotopic (exact) mass is 390 g/mol. The maximum atomic E-state index is 13.4. The Morgan fingerprint density at radius 3 is 2.31 bits per heavy atom. The van der Waals surface area contributed by atoms with E-state index in [0.717, 1.165) is 11.1 Å². The molecule has 1 saturated heterocycles. The smallest absolute Gasteiger partial charge is 0.252 e. The molecule has 2 heterocycles. The van der Waals surface area contributed by atoms with E-state index in [0.29, 0.717) is 18.7 Å². The van der Waals surface area contributed by atoms with Crippen molar-refractivity contribution in [1.29, 1.82) is 0 Å². The van der Waals surface area contributed by atoms with Crippen LogP contribution in [0.5, 0.6) is 0 Å². The van der Waals surface area contributed by atoms with Gasteiger partial charge < -0.3 is 5.11 Å². The van der Waals surface area contributed by atoms with Gasteiger partial charge in [0, 0.05) is 6.54 Å². The topological polar surface area (TPSA) is 60.9 Å². The summed E-state index contributed by atoms with van der Waals surface area (Å²) in [6, 6.07) is 16.3. The number of para-hydroxylation sites is 1. The van der Waals surface area contributed by atoms with Gasteiger partial charge in [0.2, 0.25) is 5.91 Å². The highest BCUT2D eigenvalue weighted by molar-refractivity contribution is 6.24. The van der Waals surface area contributed by atoms with Gasteiger partial charge in [0.1, 0.15) is 6.04 Å². The van der Waals surface area contributed by atoms with Crippen LogP contribution in [0.3, 0.4) is 0 Å². The van der Waals surface area contributed by atoms with E-state index in [9.17, 15) is 14.7 Å². The summed E-state index contributed by atoms with van der Waals surface area (Å²) in [5.74, 6) is -0.967. The molecule has 0 radical (unpaired) electrons. The molecular weight excluding hydrogens is 364 g/mol. The Morgan fingerprint density at radius 1 is 0.966 bits per heavy atom. The Morgan fingerprint density at radius 2 is 1.66 bits per heavy atom. The van der Waals surface area contributed by atoms with Crippen molar-refractivity contribution in [3.05, 3.63) is 77.9 Å². The lowest BCUT2D eigenvalue weighted by Gasteiger charge is -2.40. The molecule has 0 bridgehead atoms. The lowest BCUT2D eigenvalue weighted by molar-refractivity contribution is -0.124. The van der Waals surface area contributed by atoms with E-state index in [2.05, 4.69) is 0 Å². The zero-order chi connectivity index (χ0) is 20.5. The highest BCUT2D eigenvalue weighted by atomic mass is 16.3. The quantitative estimate of drug-likeness (QED) is 0.630.